The van der Waals surface area contributed by atoms with Gasteiger partial charge in [-0.3, -0.25) is 4.79 Å². The molecule has 3 N–H and O–H groups in total. The van der Waals surface area contributed by atoms with E-state index in [2.05, 4.69) is 21.2 Å². The Balaban J connectivity index is 2.04. The fourth-order valence-electron chi connectivity index (χ4n) is 2.14. The molecule has 0 saturated carbocycles. The lowest BCUT2D eigenvalue weighted by atomic mass is 10.0. The van der Waals surface area contributed by atoms with Crippen LogP contribution in [0.15, 0.2) is 22.7 Å². The number of amides is 1. The Morgan fingerprint density at radius 2 is 2.39 bits per heavy atom. The molecule has 1 amide bonds. The Kier molecular flexibility index (Phi) is 4.60. The average Bonchev–Trinajstić information content (AvgIpc) is 2.37. The molecular formula is C13H17BrN2O2. The summed E-state index contributed by atoms with van der Waals surface area (Å²) in [5.41, 5.74) is 5.78. The van der Waals surface area contributed by atoms with Crippen molar-refractivity contribution in [3.8, 4) is 5.75 Å². The first kappa shape index (κ1) is 13.4. The van der Waals surface area contributed by atoms with Crippen molar-refractivity contribution in [3.63, 3.8) is 0 Å². The smallest absolute Gasteiger partial charge is 0.253 e. The highest BCUT2D eigenvalue weighted by atomic mass is 79.9. The number of benzene rings is 1. The number of ether oxygens (including phenoxy) is 1. The van der Waals surface area contributed by atoms with Gasteiger partial charge in [-0.1, -0.05) is 6.07 Å². The Morgan fingerprint density at radius 1 is 1.56 bits per heavy atom. The predicted molar refractivity (Wildman–Crippen MR) is 73.7 cm³/mol. The first-order valence-electron chi connectivity index (χ1n) is 6.10. The number of carbonyl (C=O) groups is 1. The molecule has 0 radical (unpaired) electrons. The Labute approximate surface area is 115 Å². The van der Waals surface area contributed by atoms with Gasteiger partial charge >= 0.3 is 0 Å². The highest BCUT2D eigenvalue weighted by Crippen LogP contribution is 2.27. The quantitative estimate of drug-likeness (QED) is 0.893. The predicted octanol–water partition coefficient (Wildman–Crippen LogP) is 1.93. The van der Waals surface area contributed by atoms with Crippen LogP contribution >= 0.6 is 15.9 Å². The molecule has 1 saturated heterocycles. The molecule has 5 heteroatoms. The van der Waals surface area contributed by atoms with Crippen molar-refractivity contribution in [1.82, 2.24) is 5.32 Å². The van der Waals surface area contributed by atoms with Gasteiger partial charge < -0.3 is 15.8 Å². The van der Waals surface area contributed by atoms with Gasteiger partial charge in [-0.25, -0.2) is 0 Å². The lowest BCUT2D eigenvalue weighted by Crippen LogP contribution is -2.33. The second-order valence-corrected chi connectivity index (χ2v) is 5.35. The van der Waals surface area contributed by atoms with E-state index in [1.165, 1.54) is 6.42 Å². The number of halogens is 1. The normalized spacial score (nSPS) is 19.5. The van der Waals surface area contributed by atoms with Gasteiger partial charge in [0, 0.05) is 16.9 Å². The van der Waals surface area contributed by atoms with Crippen LogP contribution in [0.2, 0.25) is 0 Å². The Hall–Kier alpha value is -1.07. The van der Waals surface area contributed by atoms with Crippen LogP contribution in [0.4, 0.5) is 0 Å². The van der Waals surface area contributed by atoms with Gasteiger partial charge in [-0.05, 0) is 47.4 Å². The van der Waals surface area contributed by atoms with Crippen LogP contribution in [-0.2, 0) is 0 Å². The number of carbonyl (C=O) groups excluding carboxylic acids is 1. The maximum atomic E-state index is 11.4. The zero-order valence-electron chi connectivity index (χ0n) is 10.1. The molecule has 0 aromatic heterocycles. The van der Waals surface area contributed by atoms with E-state index in [4.69, 9.17) is 10.5 Å². The molecule has 1 atom stereocenters. The molecule has 1 aliphatic heterocycles. The maximum Gasteiger partial charge on any atom is 0.253 e. The van der Waals surface area contributed by atoms with E-state index in [9.17, 15) is 4.79 Å². The number of hydrogen-bond donors (Lipinski definition) is 2. The number of piperidine rings is 1. The third kappa shape index (κ3) is 3.23. The summed E-state index contributed by atoms with van der Waals surface area (Å²) >= 11 is 3.32. The van der Waals surface area contributed by atoms with Gasteiger partial charge in [0.2, 0.25) is 0 Å². The molecule has 2 rings (SSSR count). The van der Waals surface area contributed by atoms with Crippen molar-refractivity contribution in [1.29, 1.82) is 0 Å². The number of nitrogens with one attached hydrogen (secondary N) is 1. The summed E-state index contributed by atoms with van der Waals surface area (Å²) in [5, 5.41) is 3.34. The molecule has 1 aromatic carbocycles. The molecule has 0 bridgehead atoms. The van der Waals surface area contributed by atoms with Crippen LogP contribution in [0.3, 0.4) is 0 Å². The molecule has 0 spiro atoms. The van der Waals surface area contributed by atoms with E-state index in [-0.39, 0.29) is 0 Å². The molecular weight excluding hydrogens is 296 g/mol. The minimum absolute atomic E-state index is 0.418. The second-order valence-electron chi connectivity index (χ2n) is 4.50. The summed E-state index contributed by atoms with van der Waals surface area (Å²) in [6.07, 6.45) is 2.34. The van der Waals surface area contributed by atoms with Crippen molar-refractivity contribution in [3.05, 3.63) is 28.2 Å². The van der Waals surface area contributed by atoms with Gasteiger partial charge in [0.25, 0.3) is 5.91 Å². The van der Waals surface area contributed by atoms with E-state index in [1.54, 1.807) is 12.1 Å². The van der Waals surface area contributed by atoms with Crippen LogP contribution in [0, 0.1) is 5.92 Å². The van der Waals surface area contributed by atoms with Crippen LogP contribution in [-0.4, -0.2) is 25.6 Å². The van der Waals surface area contributed by atoms with Gasteiger partial charge in [-0.2, -0.15) is 0 Å². The molecule has 4 nitrogen and oxygen atoms in total. The molecule has 0 aliphatic carbocycles. The van der Waals surface area contributed by atoms with Crippen molar-refractivity contribution < 1.29 is 9.53 Å². The largest absolute Gasteiger partial charge is 0.492 e. The summed E-state index contributed by atoms with van der Waals surface area (Å²) in [6.45, 7) is 2.67. The lowest BCUT2D eigenvalue weighted by Gasteiger charge is -2.23. The van der Waals surface area contributed by atoms with E-state index >= 15 is 0 Å². The van der Waals surface area contributed by atoms with Crippen molar-refractivity contribution in [2.45, 2.75) is 12.8 Å². The summed E-state index contributed by atoms with van der Waals surface area (Å²) in [5.74, 6) is 0.583. The van der Waals surface area contributed by atoms with E-state index in [0.29, 0.717) is 28.3 Å². The third-order valence-electron chi connectivity index (χ3n) is 3.10. The standard InChI is InChI=1S/C13H17BrN2O2/c14-10-4-1-5-11(12(10)13(15)17)18-8-9-3-2-6-16-7-9/h1,4-5,9,16H,2-3,6-8H2,(H2,15,17). The SMILES string of the molecule is NC(=O)c1c(Br)cccc1OCC1CCCNC1. The topological polar surface area (TPSA) is 64.4 Å². The average molecular weight is 313 g/mol. The van der Waals surface area contributed by atoms with Crippen LogP contribution in [0.25, 0.3) is 0 Å². The summed E-state index contributed by atoms with van der Waals surface area (Å²) in [6, 6.07) is 5.40. The third-order valence-corrected chi connectivity index (χ3v) is 3.76. The zero-order valence-corrected chi connectivity index (χ0v) is 11.7. The first-order chi connectivity index (χ1) is 8.68. The van der Waals surface area contributed by atoms with Crippen LogP contribution in [0.5, 0.6) is 5.75 Å². The number of hydrogen-bond acceptors (Lipinski definition) is 3. The molecule has 18 heavy (non-hydrogen) atoms. The molecule has 1 aromatic rings. The minimum atomic E-state index is -0.473. The molecule has 98 valence electrons. The molecule has 1 heterocycles. The number of primary amides is 1. The van der Waals surface area contributed by atoms with Gasteiger partial charge in [0.05, 0.1) is 12.2 Å². The summed E-state index contributed by atoms with van der Waals surface area (Å²) in [7, 11) is 0. The minimum Gasteiger partial charge on any atom is -0.492 e. The van der Waals surface area contributed by atoms with Crippen LogP contribution in [0.1, 0.15) is 23.2 Å². The van der Waals surface area contributed by atoms with E-state index in [1.807, 2.05) is 6.07 Å². The summed E-state index contributed by atoms with van der Waals surface area (Å²) < 4.78 is 6.42. The monoisotopic (exact) mass is 312 g/mol. The summed E-state index contributed by atoms with van der Waals surface area (Å²) in [4.78, 5) is 11.4. The van der Waals surface area contributed by atoms with Gasteiger partial charge in [0.15, 0.2) is 0 Å². The lowest BCUT2D eigenvalue weighted by molar-refractivity contribution is 0.0994. The van der Waals surface area contributed by atoms with Crippen LogP contribution < -0.4 is 15.8 Å². The van der Waals surface area contributed by atoms with E-state index < -0.39 is 5.91 Å². The Morgan fingerprint density at radius 3 is 3.06 bits per heavy atom. The van der Waals surface area contributed by atoms with Gasteiger partial charge in [0.1, 0.15) is 5.75 Å². The van der Waals surface area contributed by atoms with Gasteiger partial charge in [-0.15, -0.1) is 0 Å². The maximum absolute atomic E-state index is 11.4. The highest BCUT2D eigenvalue weighted by molar-refractivity contribution is 9.10. The van der Waals surface area contributed by atoms with E-state index in [0.717, 1.165) is 19.5 Å². The number of rotatable bonds is 4. The first-order valence-corrected chi connectivity index (χ1v) is 6.89. The molecule has 1 fully saturated rings. The fourth-order valence-corrected chi connectivity index (χ4v) is 2.68. The molecule has 1 unspecified atom stereocenters. The second kappa shape index (κ2) is 6.20. The highest BCUT2D eigenvalue weighted by Gasteiger charge is 2.17. The zero-order chi connectivity index (χ0) is 13.0. The van der Waals surface area contributed by atoms with Crippen molar-refractivity contribution >= 4 is 21.8 Å². The number of nitrogens with two attached hydrogens (primary N) is 1. The fraction of sp³-hybridized carbons (Fsp3) is 0.462. The van der Waals surface area contributed by atoms with Crippen molar-refractivity contribution in [2.75, 3.05) is 19.7 Å². The molecule has 1 aliphatic rings. The van der Waals surface area contributed by atoms with Crippen molar-refractivity contribution in [2.24, 2.45) is 11.7 Å². The Bertz CT molecular complexity index is 431.